The van der Waals surface area contributed by atoms with Crippen molar-refractivity contribution in [1.82, 2.24) is 18.8 Å². The third-order valence-electron chi connectivity index (χ3n) is 6.63. The van der Waals surface area contributed by atoms with E-state index in [1.807, 2.05) is 19.9 Å². The van der Waals surface area contributed by atoms with Crippen LogP contribution in [0.4, 0.5) is 0 Å². The SMILES string of the molecule is COC(=O)C1CCCN1S(=O)(=O)c1ccc(Cn2c(C3CC3)nc3c(C)cc(C)nc32)c(Cl)c1. The van der Waals surface area contributed by atoms with Crippen molar-refractivity contribution in [2.24, 2.45) is 0 Å². The molecule has 1 unspecified atom stereocenters. The molecule has 2 fully saturated rings. The summed E-state index contributed by atoms with van der Waals surface area (Å²) in [6.45, 7) is 4.73. The van der Waals surface area contributed by atoms with E-state index in [0.29, 0.717) is 30.3 Å². The first-order chi connectivity index (χ1) is 16.2. The largest absolute Gasteiger partial charge is 0.468 e. The number of rotatable bonds is 6. The van der Waals surface area contributed by atoms with Gasteiger partial charge in [-0.25, -0.2) is 18.4 Å². The van der Waals surface area contributed by atoms with E-state index in [-0.39, 0.29) is 11.4 Å². The maximum Gasteiger partial charge on any atom is 0.324 e. The zero-order chi connectivity index (χ0) is 24.2. The van der Waals surface area contributed by atoms with Crippen molar-refractivity contribution in [3.05, 3.63) is 51.9 Å². The summed E-state index contributed by atoms with van der Waals surface area (Å²) in [6.07, 6.45) is 3.25. The number of methoxy groups -OCH3 is 1. The monoisotopic (exact) mass is 502 g/mol. The van der Waals surface area contributed by atoms with Gasteiger partial charge in [-0.3, -0.25) is 4.79 Å². The molecule has 1 aliphatic heterocycles. The number of ether oxygens (including phenoxy) is 1. The van der Waals surface area contributed by atoms with Crippen LogP contribution in [0.2, 0.25) is 5.02 Å². The van der Waals surface area contributed by atoms with Gasteiger partial charge in [0.2, 0.25) is 10.0 Å². The fourth-order valence-corrected chi connectivity index (χ4v) is 6.73. The van der Waals surface area contributed by atoms with Crippen LogP contribution in [-0.2, 0) is 26.1 Å². The fraction of sp³-hybridized carbons (Fsp3) is 0.458. The van der Waals surface area contributed by atoms with E-state index < -0.39 is 22.0 Å². The van der Waals surface area contributed by atoms with Gasteiger partial charge in [0.25, 0.3) is 0 Å². The van der Waals surface area contributed by atoms with Crippen molar-refractivity contribution in [2.45, 2.75) is 62.9 Å². The average Bonchev–Trinajstić information content (AvgIpc) is 3.39. The van der Waals surface area contributed by atoms with Gasteiger partial charge in [-0.1, -0.05) is 17.7 Å². The van der Waals surface area contributed by atoms with E-state index in [2.05, 4.69) is 4.57 Å². The first kappa shape index (κ1) is 23.3. The summed E-state index contributed by atoms with van der Waals surface area (Å²) in [5.41, 5.74) is 4.51. The number of benzene rings is 1. The number of nitrogens with zero attached hydrogens (tertiary/aromatic N) is 4. The number of imidazole rings is 1. The molecule has 3 heterocycles. The highest BCUT2D eigenvalue weighted by Gasteiger charge is 2.40. The molecule has 34 heavy (non-hydrogen) atoms. The summed E-state index contributed by atoms with van der Waals surface area (Å²) in [5.74, 6) is 0.876. The van der Waals surface area contributed by atoms with E-state index in [1.165, 1.54) is 17.5 Å². The lowest BCUT2D eigenvalue weighted by atomic mass is 10.2. The molecule has 5 rings (SSSR count). The Bertz CT molecular complexity index is 1400. The Hall–Kier alpha value is -2.49. The van der Waals surface area contributed by atoms with Crippen LogP contribution in [0.25, 0.3) is 11.2 Å². The fourth-order valence-electron chi connectivity index (χ4n) is 4.75. The van der Waals surface area contributed by atoms with E-state index >= 15 is 0 Å². The van der Waals surface area contributed by atoms with Gasteiger partial charge < -0.3 is 9.30 Å². The van der Waals surface area contributed by atoms with Crippen molar-refractivity contribution in [3.63, 3.8) is 0 Å². The summed E-state index contributed by atoms with van der Waals surface area (Å²) in [4.78, 5) is 21.8. The summed E-state index contributed by atoms with van der Waals surface area (Å²) in [6, 6.07) is 6.00. The second kappa shape index (κ2) is 8.62. The van der Waals surface area contributed by atoms with Crippen molar-refractivity contribution in [2.75, 3.05) is 13.7 Å². The van der Waals surface area contributed by atoms with E-state index in [1.54, 1.807) is 12.1 Å². The van der Waals surface area contributed by atoms with Crippen LogP contribution < -0.4 is 0 Å². The summed E-state index contributed by atoms with van der Waals surface area (Å²) < 4.78 is 34.7. The predicted molar refractivity (Wildman–Crippen MR) is 128 cm³/mol. The minimum atomic E-state index is -3.89. The standard InChI is InChI=1S/C24H27ClN4O4S/c1-14-11-15(2)26-23-21(14)27-22(16-6-7-16)28(23)13-17-8-9-18(12-19(17)25)34(31,32)29-10-4-5-20(29)24(30)33-3/h8-9,11-12,16,20H,4-7,10,13H2,1-3H3. The second-order valence-corrected chi connectivity index (χ2v) is 11.4. The van der Waals surface area contributed by atoms with Gasteiger partial charge in [-0.05, 0) is 68.9 Å². The summed E-state index contributed by atoms with van der Waals surface area (Å²) in [5, 5.41) is 0.350. The Morgan fingerprint density at radius 3 is 2.62 bits per heavy atom. The Morgan fingerprint density at radius 1 is 1.18 bits per heavy atom. The van der Waals surface area contributed by atoms with Gasteiger partial charge in [0.05, 0.1) is 18.6 Å². The highest BCUT2D eigenvalue weighted by atomic mass is 35.5. The van der Waals surface area contributed by atoms with Crippen molar-refractivity contribution in [3.8, 4) is 0 Å². The average molecular weight is 503 g/mol. The number of hydrogen-bond acceptors (Lipinski definition) is 6. The van der Waals surface area contributed by atoms with Gasteiger partial charge in [-0.15, -0.1) is 0 Å². The number of sulfonamides is 1. The van der Waals surface area contributed by atoms with Crippen LogP contribution in [-0.4, -0.2) is 52.9 Å². The molecule has 1 saturated heterocycles. The molecule has 0 spiro atoms. The van der Waals surface area contributed by atoms with Crippen LogP contribution in [0.15, 0.2) is 29.2 Å². The number of carbonyl (C=O) groups excluding carboxylic acids is 1. The number of fused-ring (bicyclic) bond motifs is 1. The first-order valence-corrected chi connectivity index (χ1v) is 13.2. The minimum Gasteiger partial charge on any atom is -0.468 e. The van der Waals surface area contributed by atoms with Gasteiger partial charge in [0, 0.05) is 23.2 Å². The third-order valence-corrected chi connectivity index (χ3v) is 8.89. The Balaban J connectivity index is 1.49. The van der Waals surface area contributed by atoms with Crippen molar-refractivity contribution >= 4 is 38.8 Å². The van der Waals surface area contributed by atoms with Crippen LogP contribution in [0.5, 0.6) is 0 Å². The maximum absolute atomic E-state index is 13.3. The molecule has 0 bridgehead atoms. The Morgan fingerprint density at radius 2 is 1.94 bits per heavy atom. The van der Waals surface area contributed by atoms with Crippen molar-refractivity contribution < 1.29 is 17.9 Å². The molecule has 8 nitrogen and oxygen atoms in total. The molecule has 180 valence electrons. The van der Waals surface area contributed by atoms with E-state index in [4.69, 9.17) is 26.3 Å². The van der Waals surface area contributed by atoms with E-state index in [9.17, 15) is 13.2 Å². The molecule has 2 aromatic heterocycles. The zero-order valence-corrected chi connectivity index (χ0v) is 21.0. The molecular weight excluding hydrogens is 476 g/mol. The molecule has 1 atom stereocenters. The molecule has 0 radical (unpaired) electrons. The van der Waals surface area contributed by atoms with Gasteiger partial charge in [0.1, 0.15) is 17.4 Å². The lowest BCUT2D eigenvalue weighted by Crippen LogP contribution is -2.41. The highest BCUT2D eigenvalue weighted by molar-refractivity contribution is 7.89. The lowest BCUT2D eigenvalue weighted by molar-refractivity contribution is -0.144. The molecule has 2 aliphatic rings. The maximum atomic E-state index is 13.3. The zero-order valence-electron chi connectivity index (χ0n) is 19.4. The Kier molecular flexibility index (Phi) is 5.90. The molecule has 1 saturated carbocycles. The molecular formula is C24H27ClN4O4S. The second-order valence-electron chi connectivity index (χ2n) is 9.13. The van der Waals surface area contributed by atoms with Crippen LogP contribution in [0.3, 0.4) is 0 Å². The lowest BCUT2D eigenvalue weighted by Gasteiger charge is -2.22. The van der Waals surface area contributed by atoms with Gasteiger partial charge in [-0.2, -0.15) is 4.31 Å². The molecule has 10 heteroatoms. The van der Waals surface area contributed by atoms with Gasteiger partial charge in [0.15, 0.2) is 5.65 Å². The molecule has 1 aliphatic carbocycles. The van der Waals surface area contributed by atoms with Crippen molar-refractivity contribution in [1.29, 1.82) is 0 Å². The molecule has 0 N–H and O–H groups in total. The Labute approximate surface area is 203 Å². The van der Waals surface area contributed by atoms with Crippen LogP contribution in [0.1, 0.15) is 54.2 Å². The van der Waals surface area contributed by atoms with Crippen LogP contribution in [0, 0.1) is 13.8 Å². The third kappa shape index (κ3) is 3.99. The number of pyridine rings is 1. The number of aryl methyl sites for hydroxylation is 2. The predicted octanol–water partition coefficient (Wildman–Crippen LogP) is 3.95. The number of esters is 1. The number of carbonyl (C=O) groups is 1. The quantitative estimate of drug-likeness (QED) is 0.474. The smallest absolute Gasteiger partial charge is 0.324 e. The number of aromatic nitrogens is 3. The summed E-state index contributed by atoms with van der Waals surface area (Å²) in [7, 11) is -2.62. The van der Waals surface area contributed by atoms with E-state index in [0.717, 1.165) is 46.7 Å². The topological polar surface area (TPSA) is 94.4 Å². The summed E-state index contributed by atoms with van der Waals surface area (Å²) >= 11 is 6.62. The van der Waals surface area contributed by atoms with Gasteiger partial charge >= 0.3 is 5.97 Å². The minimum absolute atomic E-state index is 0.0692. The number of hydrogen-bond donors (Lipinski definition) is 0. The first-order valence-electron chi connectivity index (χ1n) is 11.4. The van der Waals surface area contributed by atoms with Crippen LogP contribution >= 0.6 is 11.6 Å². The molecule has 1 aromatic carbocycles. The normalized spacial score (nSPS) is 19.1. The number of halogens is 1. The highest BCUT2D eigenvalue weighted by Crippen LogP contribution is 2.41. The molecule has 0 amide bonds. The molecule has 3 aromatic rings.